The molecule has 7 heteroatoms. The van der Waals surface area contributed by atoms with Gasteiger partial charge >= 0.3 is 0 Å². The van der Waals surface area contributed by atoms with E-state index >= 15 is 0 Å². The number of hydrogen-bond acceptors (Lipinski definition) is 6. The lowest BCUT2D eigenvalue weighted by Crippen LogP contribution is -2.41. The monoisotopic (exact) mass is 351 g/mol. The van der Waals surface area contributed by atoms with Crippen LogP contribution >= 0.6 is 11.3 Å². The second-order valence-corrected chi connectivity index (χ2v) is 8.06. The number of thiazole rings is 1. The number of amides is 1. The van der Waals surface area contributed by atoms with E-state index in [0.29, 0.717) is 37.4 Å². The minimum Gasteiger partial charge on any atom is -0.381 e. The van der Waals surface area contributed by atoms with Crippen LogP contribution in [0, 0.1) is 17.8 Å². The van der Waals surface area contributed by atoms with Crippen molar-refractivity contribution in [2.24, 2.45) is 17.8 Å². The highest BCUT2D eigenvalue weighted by Crippen LogP contribution is 2.36. The molecule has 4 rings (SSSR count). The molecule has 132 valence electrons. The average Bonchev–Trinajstić information content (AvgIpc) is 3.26. The van der Waals surface area contributed by atoms with Crippen LogP contribution in [0.4, 0.5) is 0 Å². The predicted molar refractivity (Wildman–Crippen MR) is 90.2 cm³/mol. The van der Waals surface area contributed by atoms with Gasteiger partial charge in [0.05, 0.1) is 26.4 Å². The first-order valence-corrected chi connectivity index (χ1v) is 9.79. The Morgan fingerprint density at radius 1 is 1.33 bits per heavy atom. The zero-order valence-electron chi connectivity index (χ0n) is 13.9. The predicted octanol–water partition coefficient (Wildman–Crippen LogP) is 1.78. The third kappa shape index (κ3) is 3.64. The van der Waals surface area contributed by atoms with E-state index in [0.717, 1.165) is 45.6 Å². The Hall–Kier alpha value is -1.02. The van der Waals surface area contributed by atoms with E-state index in [1.807, 2.05) is 11.6 Å². The number of likely N-dealkylation sites (tertiary alicyclic amines) is 1. The van der Waals surface area contributed by atoms with Gasteiger partial charge in [-0.1, -0.05) is 0 Å². The fraction of sp³-hybridized carbons (Fsp3) is 0.765. The van der Waals surface area contributed by atoms with Crippen LogP contribution in [-0.2, 0) is 20.9 Å². The smallest absolute Gasteiger partial charge is 0.246 e. The SMILES string of the molecule is O=C(C[C@@H]1COC[C@H]2CN(Cc3nccs3)C[C@@H]12)N1CCCCO1. The number of hydrogen-bond donors (Lipinski definition) is 0. The molecule has 0 aliphatic carbocycles. The summed E-state index contributed by atoms with van der Waals surface area (Å²) < 4.78 is 5.82. The van der Waals surface area contributed by atoms with Gasteiger partial charge in [-0.3, -0.25) is 14.5 Å². The molecular formula is C17H25N3O3S. The van der Waals surface area contributed by atoms with Gasteiger partial charge in [0.1, 0.15) is 5.01 Å². The molecule has 1 aromatic heterocycles. The van der Waals surface area contributed by atoms with E-state index in [9.17, 15) is 4.79 Å². The molecule has 1 amide bonds. The maximum absolute atomic E-state index is 12.5. The molecule has 3 aliphatic heterocycles. The molecule has 4 heterocycles. The van der Waals surface area contributed by atoms with Gasteiger partial charge in [0.2, 0.25) is 5.91 Å². The highest BCUT2D eigenvalue weighted by Gasteiger charge is 2.42. The molecule has 3 atom stereocenters. The Labute approximate surface area is 146 Å². The maximum Gasteiger partial charge on any atom is 0.246 e. The third-order valence-corrected chi connectivity index (χ3v) is 6.16. The molecule has 0 spiro atoms. The van der Waals surface area contributed by atoms with Crippen LogP contribution in [0.1, 0.15) is 24.3 Å². The second kappa shape index (κ2) is 7.47. The Morgan fingerprint density at radius 3 is 3.08 bits per heavy atom. The molecule has 6 nitrogen and oxygen atoms in total. The lowest BCUT2D eigenvalue weighted by atomic mass is 9.81. The number of hydroxylamine groups is 2. The molecular weight excluding hydrogens is 326 g/mol. The second-order valence-electron chi connectivity index (χ2n) is 7.08. The van der Waals surface area contributed by atoms with E-state index in [2.05, 4.69) is 9.88 Å². The fourth-order valence-electron chi connectivity index (χ4n) is 4.17. The summed E-state index contributed by atoms with van der Waals surface area (Å²) in [6, 6.07) is 0. The van der Waals surface area contributed by atoms with Gasteiger partial charge in [-0.05, 0) is 30.6 Å². The number of rotatable bonds is 4. The van der Waals surface area contributed by atoms with Crippen molar-refractivity contribution in [2.45, 2.75) is 25.8 Å². The molecule has 1 aromatic rings. The van der Waals surface area contributed by atoms with Gasteiger partial charge in [-0.25, -0.2) is 10.0 Å². The summed E-state index contributed by atoms with van der Waals surface area (Å²) in [5.74, 6) is 1.52. The summed E-state index contributed by atoms with van der Waals surface area (Å²) >= 11 is 1.71. The molecule has 0 N–H and O–H groups in total. The number of ether oxygens (including phenoxy) is 1. The normalized spacial score (nSPS) is 31.2. The Morgan fingerprint density at radius 2 is 2.29 bits per heavy atom. The summed E-state index contributed by atoms with van der Waals surface area (Å²) in [4.78, 5) is 24.9. The maximum atomic E-state index is 12.5. The highest BCUT2D eigenvalue weighted by atomic mass is 32.1. The molecule has 0 aromatic carbocycles. The topological polar surface area (TPSA) is 54.9 Å². The van der Waals surface area contributed by atoms with Crippen molar-refractivity contribution < 1.29 is 14.4 Å². The number of nitrogens with zero attached hydrogens (tertiary/aromatic N) is 3. The lowest BCUT2D eigenvalue weighted by Gasteiger charge is -2.34. The number of fused-ring (bicyclic) bond motifs is 1. The van der Waals surface area contributed by atoms with E-state index in [1.54, 1.807) is 16.4 Å². The van der Waals surface area contributed by atoms with E-state index < -0.39 is 0 Å². The Kier molecular flexibility index (Phi) is 5.12. The summed E-state index contributed by atoms with van der Waals surface area (Å²) in [6.45, 7) is 5.94. The van der Waals surface area contributed by atoms with Crippen LogP contribution in [0.3, 0.4) is 0 Å². The summed E-state index contributed by atoms with van der Waals surface area (Å²) in [5, 5.41) is 4.78. The fourth-order valence-corrected chi connectivity index (χ4v) is 4.83. The average molecular weight is 351 g/mol. The summed E-state index contributed by atoms with van der Waals surface area (Å²) in [6.07, 6.45) is 4.51. The summed E-state index contributed by atoms with van der Waals surface area (Å²) in [7, 11) is 0. The van der Waals surface area contributed by atoms with Gasteiger partial charge in [-0.2, -0.15) is 0 Å². The lowest BCUT2D eigenvalue weighted by molar-refractivity contribution is -0.199. The van der Waals surface area contributed by atoms with Crippen LogP contribution in [0.15, 0.2) is 11.6 Å². The summed E-state index contributed by atoms with van der Waals surface area (Å²) in [5.41, 5.74) is 0. The highest BCUT2D eigenvalue weighted by molar-refractivity contribution is 7.09. The zero-order chi connectivity index (χ0) is 16.4. The van der Waals surface area contributed by atoms with Crippen molar-refractivity contribution in [3.05, 3.63) is 16.6 Å². The minimum absolute atomic E-state index is 0.127. The first kappa shape index (κ1) is 16.4. The van der Waals surface area contributed by atoms with Gasteiger partial charge in [0, 0.05) is 37.6 Å². The minimum atomic E-state index is 0.127. The van der Waals surface area contributed by atoms with Gasteiger partial charge in [0.15, 0.2) is 0 Å². The first-order chi connectivity index (χ1) is 11.8. The van der Waals surface area contributed by atoms with Crippen molar-refractivity contribution >= 4 is 17.2 Å². The van der Waals surface area contributed by atoms with E-state index in [-0.39, 0.29) is 5.91 Å². The quantitative estimate of drug-likeness (QED) is 0.828. The van der Waals surface area contributed by atoms with Crippen molar-refractivity contribution in [2.75, 3.05) is 39.5 Å². The van der Waals surface area contributed by atoms with Crippen LogP contribution in [0.2, 0.25) is 0 Å². The first-order valence-electron chi connectivity index (χ1n) is 8.91. The molecule has 0 unspecified atom stereocenters. The van der Waals surface area contributed by atoms with E-state index in [1.165, 1.54) is 5.01 Å². The van der Waals surface area contributed by atoms with Crippen LogP contribution in [0.25, 0.3) is 0 Å². The van der Waals surface area contributed by atoms with Crippen molar-refractivity contribution in [1.82, 2.24) is 14.9 Å². The molecule has 0 bridgehead atoms. The number of carbonyl (C=O) groups is 1. The zero-order valence-corrected chi connectivity index (χ0v) is 14.7. The van der Waals surface area contributed by atoms with Crippen LogP contribution < -0.4 is 0 Å². The van der Waals surface area contributed by atoms with E-state index in [4.69, 9.17) is 9.57 Å². The number of carbonyl (C=O) groups excluding carboxylic acids is 1. The third-order valence-electron chi connectivity index (χ3n) is 5.40. The van der Waals surface area contributed by atoms with Crippen molar-refractivity contribution in [3.8, 4) is 0 Å². The largest absolute Gasteiger partial charge is 0.381 e. The van der Waals surface area contributed by atoms with Gasteiger partial charge < -0.3 is 4.74 Å². The molecule has 3 aliphatic rings. The molecule has 0 saturated carbocycles. The molecule has 3 fully saturated rings. The van der Waals surface area contributed by atoms with Crippen molar-refractivity contribution in [3.63, 3.8) is 0 Å². The van der Waals surface area contributed by atoms with Crippen LogP contribution in [0.5, 0.6) is 0 Å². The van der Waals surface area contributed by atoms with Crippen molar-refractivity contribution in [1.29, 1.82) is 0 Å². The number of aromatic nitrogens is 1. The molecule has 24 heavy (non-hydrogen) atoms. The standard InChI is InChI=1S/C17H25N3O3S/c21-17(20-4-1-2-5-23-20)7-13-11-22-12-14-8-19(9-15(13)14)10-16-18-3-6-24-16/h3,6,13-15H,1-2,4-5,7-12H2/t13-,14-,15+/m1/s1. The van der Waals surface area contributed by atoms with Gasteiger partial charge in [-0.15, -0.1) is 11.3 Å². The molecule has 3 saturated heterocycles. The Balaban J connectivity index is 1.35. The molecule has 0 radical (unpaired) electrons. The van der Waals surface area contributed by atoms with Gasteiger partial charge in [0.25, 0.3) is 0 Å². The Bertz CT molecular complexity index is 547. The van der Waals surface area contributed by atoms with Crippen LogP contribution in [-0.4, -0.2) is 60.3 Å².